The summed E-state index contributed by atoms with van der Waals surface area (Å²) in [6, 6.07) is 0. The van der Waals surface area contributed by atoms with E-state index in [1.807, 2.05) is 0 Å². The first kappa shape index (κ1) is 11.5. The molecule has 0 unspecified atom stereocenters. The SMILES string of the molecule is O=C([O-])[C@@H]1O[C@H]1C1CCCCC1.[Na+]. The van der Waals surface area contributed by atoms with E-state index in [4.69, 9.17) is 4.74 Å². The summed E-state index contributed by atoms with van der Waals surface area (Å²) in [5.41, 5.74) is 0. The van der Waals surface area contributed by atoms with Crippen molar-refractivity contribution in [2.75, 3.05) is 0 Å². The fraction of sp³-hybridized carbons (Fsp3) is 0.889. The first-order valence-corrected chi connectivity index (χ1v) is 4.65. The number of rotatable bonds is 2. The second-order valence-corrected chi connectivity index (χ2v) is 3.74. The molecule has 1 aliphatic carbocycles. The van der Waals surface area contributed by atoms with Crippen molar-refractivity contribution in [1.82, 2.24) is 0 Å². The van der Waals surface area contributed by atoms with Crippen molar-refractivity contribution in [2.24, 2.45) is 5.92 Å². The first-order valence-electron chi connectivity index (χ1n) is 4.65. The molecule has 0 spiro atoms. The molecule has 0 amide bonds. The smallest absolute Gasteiger partial charge is 0.547 e. The van der Waals surface area contributed by atoms with Crippen molar-refractivity contribution in [2.45, 2.75) is 44.3 Å². The van der Waals surface area contributed by atoms with Crippen molar-refractivity contribution in [3.05, 3.63) is 0 Å². The standard InChI is InChI=1S/C9H14O3.Na/c10-9(11)8-7(12-8)6-4-2-1-3-5-6;/h6-8H,1-5H2,(H,10,11);/q;+1/p-1/t7-,8+;/m0./s1. The number of carboxylic acid groups (broad SMARTS) is 1. The number of aliphatic carboxylic acids is 1. The zero-order chi connectivity index (χ0) is 8.55. The largest absolute Gasteiger partial charge is 1.00 e. The Labute approximate surface area is 100 Å². The van der Waals surface area contributed by atoms with Gasteiger partial charge in [0, 0.05) is 0 Å². The van der Waals surface area contributed by atoms with E-state index in [1.165, 1.54) is 19.3 Å². The Bertz CT molecular complexity index is 189. The summed E-state index contributed by atoms with van der Waals surface area (Å²) < 4.78 is 5.06. The third kappa shape index (κ3) is 2.69. The topological polar surface area (TPSA) is 52.7 Å². The minimum Gasteiger partial charge on any atom is -0.547 e. The predicted octanol–water partition coefficient (Wildman–Crippen LogP) is -2.91. The fourth-order valence-corrected chi connectivity index (χ4v) is 2.13. The van der Waals surface area contributed by atoms with Gasteiger partial charge in [0.15, 0.2) is 0 Å². The van der Waals surface area contributed by atoms with Gasteiger partial charge in [-0.25, -0.2) is 0 Å². The molecule has 1 saturated carbocycles. The maximum absolute atomic E-state index is 10.4. The monoisotopic (exact) mass is 192 g/mol. The van der Waals surface area contributed by atoms with Gasteiger partial charge in [0.25, 0.3) is 0 Å². The van der Waals surface area contributed by atoms with Crippen LogP contribution in [0.3, 0.4) is 0 Å². The zero-order valence-corrected chi connectivity index (χ0v) is 9.99. The first-order chi connectivity index (χ1) is 5.79. The molecule has 1 heterocycles. The van der Waals surface area contributed by atoms with Gasteiger partial charge in [-0.2, -0.15) is 0 Å². The van der Waals surface area contributed by atoms with Crippen molar-refractivity contribution in [3.8, 4) is 0 Å². The van der Waals surface area contributed by atoms with Crippen molar-refractivity contribution in [3.63, 3.8) is 0 Å². The molecule has 1 aliphatic heterocycles. The van der Waals surface area contributed by atoms with E-state index in [9.17, 15) is 9.90 Å². The van der Waals surface area contributed by atoms with Crippen LogP contribution in [-0.4, -0.2) is 18.2 Å². The van der Waals surface area contributed by atoms with E-state index in [1.54, 1.807) is 0 Å². The molecule has 0 aromatic heterocycles. The maximum Gasteiger partial charge on any atom is 1.00 e. The Morgan fingerprint density at radius 3 is 2.31 bits per heavy atom. The normalized spacial score (nSPS) is 33.5. The van der Waals surface area contributed by atoms with E-state index in [0.29, 0.717) is 5.92 Å². The van der Waals surface area contributed by atoms with Crippen LogP contribution in [0.25, 0.3) is 0 Å². The summed E-state index contributed by atoms with van der Waals surface area (Å²) in [5, 5.41) is 10.4. The molecule has 1 saturated heterocycles. The zero-order valence-electron chi connectivity index (χ0n) is 7.99. The summed E-state index contributed by atoms with van der Waals surface area (Å²) in [7, 11) is 0. The van der Waals surface area contributed by atoms with Crippen LogP contribution >= 0.6 is 0 Å². The predicted molar refractivity (Wildman–Crippen MR) is 40.2 cm³/mol. The number of carbonyl (C=O) groups excluding carboxylic acids is 1. The Morgan fingerprint density at radius 2 is 1.85 bits per heavy atom. The van der Waals surface area contributed by atoms with E-state index >= 15 is 0 Å². The average molecular weight is 192 g/mol. The number of hydrogen-bond donors (Lipinski definition) is 0. The van der Waals surface area contributed by atoms with Gasteiger partial charge in [-0.15, -0.1) is 0 Å². The summed E-state index contributed by atoms with van der Waals surface area (Å²) in [5.74, 6) is -0.549. The molecule has 2 fully saturated rings. The van der Waals surface area contributed by atoms with Crippen molar-refractivity contribution >= 4 is 5.97 Å². The van der Waals surface area contributed by atoms with E-state index in [2.05, 4.69) is 0 Å². The Kier molecular flexibility index (Phi) is 4.23. The number of carboxylic acids is 1. The molecule has 2 atom stereocenters. The summed E-state index contributed by atoms with van der Waals surface area (Å²) >= 11 is 0. The second-order valence-electron chi connectivity index (χ2n) is 3.74. The third-order valence-corrected chi connectivity index (χ3v) is 2.87. The van der Waals surface area contributed by atoms with Gasteiger partial charge in [0.2, 0.25) is 0 Å². The Hall–Kier alpha value is 0.430. The molecule has 0 aromatic rings. The number of epoxide rings is 1. The van der Waals surface area contributed by atoms with Gasteiger partial charge in [0.1, 0.15) is 6.10 Å². The fourth-order valence-electron chi connectivity index (χ4n) is 2.13. The molecule has 0 bridgehead atoms. The molecule has 13 heavy (non-hydrogen) atoms. The average Bonchev–Trinajstić information content (AvgIpc) is 2.84. The van der Waals surface area contributed by atoms with E-state index in [0.717, 1.165) is 12.8 Å². The van der Waals surface area contributed by atoms with E-state index < -0.39 is 12.1 Å². The van der Waals surface area contributed by atoms with Gasteiger partial charge < -0.3 is 14.6 Å². The van der Waals surface area contributed by atoms with Gasteiger partial charge >= 0.3 is 29.6 Å². The maximum atomic E-state index is 10.4. The molecular weight excluding hydrogens is 179 g/mol. The van der Waals surface area contributed by atoms with Crippen LogP contribution in [0.15, 0.2) is 0 Å². The van der Waals surface area contributed by atoms with Crippen LogP contribution in [0.1, 0.15) is 32.1 Å². The van der Waals surface area contributed by atoms with Crippen LogP contribution in [0.5, 0.6) is 0 Å². The van der Waals surface area contributed by atoms with Gasteiger partial charge in [-0.3, -0.25) is 0 Å². The quantitative estimate of drug-likeness (QED) is 0.348. The number of hydrogen-bond acceptors (Lipinski definition) is 3. The molecular formula is C9H13NaO3. The molecule has 68 valence electrons. The summed E-state index contributed by atoms with van der Waals surface area (Å²) in [6.45, 7) is 0. The van der Waals surface area contributed by atoms with Gasteiger partial charge in [-0.05, 0) is 18.8 Å². The minimum absolute atomic E-state index is 0. The van der Waals surface area contributed by atoms with Crippen molar-refractivity contribution in [1.29, 1.82) is 0 Å². The minimum atomic E-state index is -1.04. The number of ether oxygens (including phenoxy) is 1. The van der Waals surface area contributed by atoms with Crippen LogP contribution in [-0.2, 0) is 9.53 Å². The molecule has 0 radical (unpaired) electrons. The molecule has 4 heteroatoms. The summed E-state index contributed by atoms with van der Waals surface area (Å²) in [4.78, 5) is 10.4. The third-order valence-electron chi connectivity index (χ3n) is 2.87. The Morgan fingerprint density at radius 1 is 1.23 bits per heavy atom. The van der Waals surface area contributed by atoms with Crippen LogP contribution in [0, 0.1) is 5.92 Å². The molecule has 2 rings (SSSR count). The van der Waals surface area contributed by atoms with Crippen LogP contribution < -0.4 is 34.7 Å². The Balaban J connectivity index is 0.000000845. The van der Waals surface area contributed by atoms with Crippen molar-refractivity contribution < 1.29 is 44.2 Å². The molecule has 0 aromatic carbocycles. The van der Waals surface area contributed by atoms with E-state index in [-0.39, 0.29) is 35.7 Å². The molecule has 3 nitrogen and oxygen atoms in total. The molecule has 2 aliphatic rings. The number of carbonyl (C=O) groups is 1. The second kappa shape index (κ2) is 4.78. The summed E-state index contributed by atoms with van der Waals surface area (Å²) in [6.07, 6.45) is 5.40. The van der Waals surface area contributed by atoms with Crippen LogP contribution in [0.2, 0.25) is 0 Å². The van der Waals surface area contributed by atoms with Gasteiger partial charge in [-0.1, -0.05) is 19.3 Å². The molecule has 0 N–H and O–H groups in total. The van der Waals surface area contributed by atoms with Crippen LogP contribution in [0.4, 0.5) is 0 Å². The van der Waals surface area contributed by atoms with Gasteiger partial charge in [0.05, 0.1) is 12.1 Å².